The van der Waals surface area contributed by atoms with Gasteiger partial charge in [-0.15, -0.1) is 0 Å². The molecule has 4 atom stereocenters. The molecule has 2 bridgehead atoms. The Morgan fingerprint density at radius 2 is 1.88 bits per heavy atom. The Morgan fingerprint density at radius 3 is 2.58 bits per heavy atom. The van der Waals surface area contributed by atoms with Crippen molar-refractivity contribution < 1.29 is 4.79 Å². The van der Waals surface area contributed by atoms with E-state index in [-0.39, 0.29) is 6.03 Å². The SMILES string of the molecule is O=C(NCc1cn[nH]c1-c1ccc(Cl)cc1)N1[C@@H]2CC[C@H]1[C@H]1CNC[C@H]12. The van der Waals surface area contributed by atoms with Gasteiger partial charge in [-0.05, 0) is 42.4 Å². The monoisotopic (exact) mass is 371 g/mol. The highest BCUT2D eigenvalue weighted by atomic mass is 35.5. The quantitative estimate of drug-likeness (QED) is 0.776. The summed E-state index contributed by atoms with van der Waals surface area (Å²) >= 11 is 5.97. The Balaban J connectivity index is 1.28. The Morgan fingerprint density at radius 1 is 1.19 bits per heavy atom. The van der Waals surface area contributed by atoms with Crippen molar-refractivity contribution in [2.24, 2.45) is 11.8 Å². The van der Waals surface area contributed by atoms with Crippen LogP contribution in [0.4, 0.5) is 4.79 Å². The van der Waals surface area contributed by atoms with Crippen LogP contribution < -0.4 is 10.6 Å². The highest BCUT2D eigenvalue weighted by Crippen LogP contribution is 2.47. The molecule has 1 aromatic heterocycles. The number of fused-ring (bicyclic) bond motifs is 5. The van der Waals surface area contributed by atoms with E-state index in [0.29, 0.717) is 35.5 Å². The standard InChI is InChI=1S/C19H22ClN5O/c20-13-3-1-11(2-4-13)18-12(8-23-24-18)7-22-19(26)25-16-5-6-17(25)15-10-21-9-14(15)16/h1-4,8,14-17,21H,5-7,9-10H2,(H,22,26)(H,23,24)/t14-,15+,16-,17+. The summed E-state index contributed by atoms with van der Waals surface area (Å²) in [6.45, 7) is 2.58. The van der Waals surface area contributed by atoms with Crippen molar-refractivity contribution >= 4 is 17.6 Å². The van der Waals surface area contributed by atoms with Crippen LogP contribution in [0.5, 0.6) is 0 Å². The van der Waals surface area contributed by atoms with Gasteiger partial charge in [0, 0.05) is 42.3 Å². The lowest BCUT2D eigenvalue weighted by Crippen LogP contribution is -2.45. The second kappa shape index (κ2) is 6.28. The molecule has 3 aliphatic heterocycles. The van der Waals surface area contributed by atoms with Crippen LogP contribution in [0.25, 0.3) is 11.3 Å². The second-order valence-corrected chi connectivity index (χ2v) is 7.98. The van der Waals surface area contributed by atoms with E-state index in [1.165, 1.54) is 0 Å². The Bertz CT molecular complexity index is 802. The van der Waals surface area contributed by atoms with Gasteiger partial charge in [0.25, 0.3) is 0 Å². The summed E-state index contributed by atoms with van der Waals surface area (Å²) < 4.78 is 0. The molecule has 0 saturated carbocycles. The maximum absolute atomic E-state index is 12.9. The Hall–Kier alpha value is -2.05. The first-order chi connectivity index (χ1) is 12.7. The first-order valence-corrected chi connectivity index (χ1v) is 9.65. The molecule has 136 valence electrons. The Kier molecular flexibility index (Phi) is 3.90. The molecular weight excluding hydrogens is 350 g/mol. The minimum absolute atomic E-state index is 0.0650. The fourth-order valence-corrected chi connectivity index (χ4v) is 5.27. The van der Waals surface area contributed by atoms with Crippen molar-refractivity contribution in [1.82, 2.24) is 25.7 Å². The number of nitrogens with one attached hydrogen (secondary N) is 3. The molecule has 1 aromatic carbocycles. The van der Waals surface area contributed by atoms with Crippen LogP contribution in [0.2, 0.25) is 5.02 Å². The predicted molar refractivity (Wildman–Crippen MR) is 99.8 cm³/mol. The van der Waals surface area contributed by atoms with Crippen molar-refractivity contribution in [2.45, 2.75) is 31.5 Å². The molecular formula is C19H22ClN5O. The zero-order valence-electron chi connectivity index (χ0n) is 14.4. The van der Waals surface area contributed by atoms with Crippen LogP contribution in [-0.4, -0.2) is 46.3 Å². The number of urea groups is 1. The van der Waals surface area contributed by atoms with Crippen molar-refractivity contribution in [3.63, 3.8) is 0 Å². The molecule has 5 rings (SSSR count). The lowest BCUT2D eigenvalue weighted by molar-refractivity contribution is 0.184. The van der Waals surface area contributed by atoms with Gasteiger partial charge in [-0.25, -0.2) is 4.79 Å². The number of carbonyl (C=O) groups excluding carboxylic acids is 1. The summed E-state index contributed by atoms with van der Waals surface area (Å²) in [6.07, 6.45) is 4.06. The highest BCUT2D eigenvalue weighted by molar-refractivity contribution is 6.30. The number of carbonyl (C=O) groups is 1. The third-order valence-corrected chi connectivity index (χ3v) is 6.54. The van der Waals surface area contributed by atoms with Gasteiger partial charge in [-0.2, -0.15) is 5.10 Å². The lowest BCUT2D eigenvalue weighted by Gasteiger charge is -2.25. The zero-order valence-corrected chi connectivity index (χ0v) is 15.2. The van der Waals surface area contributed by atoms with Crippen LogP contribution in [0.3, 0.4) is 0 Å². The van der Waals surface area contributed by atoms with E-state index in [9.17, 15) is 4.79 Å². The molecule has 2 amide bonds. The van der Waals surface area contributed by atoms with Crippen molar-refractivity contribution in [3.05, 3.63) is 41.0 Å². The molecule has 4 heterocycles. The summed E-state index contributed by atoms with van der Waals surface area (Å²) in [5.41, 5.74) is 2.92. The van der Waals surface area contributed by atoms with Crippen LogP contribution >= 0.6 is 11.6 Å². The molecule has 7 heteroatoms. The van der Waals surface area contributed by atoms with E-state index in [1.807, 2.05) is 24.3 Å². The smallest absolute Gasteiger partial charge is 0.318 e. The summed E-state index contributed by atoms with van der Waals surface area (Å²) in [6, 6.07) is 8.49. The van der Waals surface area contributed by atoms with Gasteiger partial charge in [0.2, 0.25) is 0 Å². The number of H-pyrrole nitrogens is 1. The predicted octanol–water partition coefficient (Wildman–Crippen LogP) is 2.62. The largest absolute Gasteiger partial charge is 0.334 e. The summed E-state index contributed by atoms with van der Waals surface area (Å²) in [5.74, 6) is 1.27. The number of hydrogen-bond acceptors (Lipinski definition) is 3. The summed E-state index contributed by atoms with van der Waals surface area (Å²) in [5, 5.41) is 14.5. The van der Waals surface area contributed by atoms with E-state index >= 15 is 0 Å². The zero-order chi connectivity index (χ0) is 17.7. The molecule has 3 fully saturated rings. The maximum atomic E-state index is 12.9. The van der Waals surface area contributed by atoms with Gasteiger partial charge in [0.1, 0.15) is 0 Å². The maximum Gasteiger partial charge on any atom is 0.318 e. The van der Waals surface area contributed by atoms with Gasteiger partial charge < -0.3 is 15.5 Å². The van der Waals surface area contributed by atoms with E-state index < -0.39 is 0 Å². The molecule has 2 aromatic rings. The molecule has 3 saturated heterocycles. The third-order valence-electron chi connectivity index (χ3n) is 6.29. The minimum Gasteiger partial charge on any atom is -0.334 e. The van der Waals surface area contributed by atoms with E-state index in [0.717, 1.165) is 42.8 Å². The molecule has 0 spiro atoms. The fraction of sp³-hybridized carbons (Fsp3) is 0.474. The molecule has 0 radical (unpaired) electrons. The number of hydrogen-bond donors (Lipinski definition) is 3. The molecule has 0 unspecified atom stereocenters. The molecule has 3 aliphatic rings. The molecule has 0 aliphatic carbocycles. The average Bonchev–Trinajstić information content (AvgIpc) is 3.40. The van der Waals surface area contributed by atoms with E-state index in [2.05, 4.69) is 25.7 Å². The topological polar surface area (TPSA) is 73.0 Å². The average molecular weight is 372 g/mol. The first-order valence-electron chi connectivity index (χ1n) is 9.27. The second-order valence-electron chi connectivity index (χ2n) is 7.54. The molecule has 6 nitrogen and oxygen atoms in total. The van der Waals surface area contributed by atoms with Gasteiger partial charge in [-0.1, -0.05) is 23.7 Å². The van der Waals surface area contributed by atoms with Crippen molar-refractivity contribution in [1.29, 1.82) is 0 Å². The number of aromatic amines is 1. The number of benzene rings is 1. The summed E-state index contributed by atoms with van der Waals surface area (Å²) in [4.78, 5) is 15.0. The minimum atomic E-state index is 0.0650. The summed E-state index contributed by atoms with van der Waals surface area (Å²) in [7, 11) is 0. The Labute approximate surface area is 157 Å². The fourth-order valence-electron chi connectivity index (χ4n) is 5.14. The number of nitrogens with zero attached hydrogens (tertiary/aromatic N) is 2. The van der Waals surface area contributed by atoms with Gasteiger partial charge in [-0.3, -0.25) is 5.10 Å². The molecule has 3 N–H and O–H groups in total. The molecule has 26 heavy (non-hydrogen) atoms. The highest BCUT2D eigenvalue weighted by Gasteiger charge is 2.56. The van der Waals surface area contributed by atoms with Gasteiger partial charge >= 0.3 is 6.03 Å². The van der Waals surface area contributed by atoms with Gasteiger partial charge in [0.05, 0.1) is 11.9 Å². The van der Waals surface area contributed by atoms with Crippen LogP contribution in [0.1, 0.15) is 18.4 Å². The van der Waals surface area contributed by atoms with Crippen molar-refractivity contribution in [3.8, 4) is 11.3 Å². The lowest BCUT2D eigenvalue weighted by atomic mass is 9.82. The number of amides is 2. The number of halogens is 1. The third kappa shape index (κ3) is 2.51. The van der Waals surface area contributed by atoms with Crippen LogP contribution in [0.15, 0.2) is 30.5 Å². The van der Waals surface area contributed by atoms with Crippen LogP contribution in [0, 0.1) is 11.8 Å². The normalized spacial score (nSPS) is 29.2. The number of rotatable bonds is 3. The van der Waals surface area contributed by atoms with Crippen molar-refractivity contribution in [2.75, 3.05) is 13.1 Å². The van der Waals surface area contributed by atoms with E-state index in [4.69, 9.17) is 11.6 Å². The first kappa shape index (κ1) is 16.1. The van der Waals surface area contributed by atoms with Gasteiger partial charge in [0.15, 0.2) is 0 Å². The van der Waals surface area contributed by atoms with Crippen LogP contribution in [-0.2, 0) is 6.54 Å². The number of aromatic nitrogens is 2. The van der Waals surface area contributed by atoms with E-state index in [1.54, 1.807) is 6.20 Å².